The normalized spacial score (nSPS) is 16.8. The summed E-state index contributed by atoms with van der Waals surface area (Å²) in [6, 6.07) is 0.396. The Labute approximate surface area is 115 Å². The van der Waals surface area contributed by atoms with Gasteiger partial charge in [0.05, 0.1) is 17.3 Å². The summed E-state index contributed by atoms with van der Waals surface area (Å²) in [6.07, 6.45) is 4.24. The van der Waals surface area contributed by atoms with Gasteiger partial charge in [-0.3, -0.25) is 9.48 Å². The molecule has 0 atom stereocenters. The third kappa shape index (κ3) is 2.73. The summed E-state index contributed by atoms with van der Waals surface area (Å²) in [5.41, 5.74) is 2.98. The number of ether oxygens (including phenoxy) is 1. The maximum atomic E-state index is 12.2. The number of ketones is 1. The Kier molecular flexibility index (Phi) is 4.75. The molecule has 1 aromatic heterocycles. The molecule has 0 spiro atoms. The van der Waals surface area contributed by atoms with Gasteiger partial charge in [0, 0.05) is 25.3 Å². The van der Waals surface area contributed by atoms with E-state index in [0.717, 1.165) is 55.8 Å². The van der Waals surface area contributed by atoms with Crippen LogP contribution in [0.2, 0.25) is 0 Å². The number of rotatable bonds is 5. The number of aryl methyl sites for hydroxylation is 1. The van der Waals surface area contributed by atoms with Gasteiger partial charge in [0.15, 0.2) is 5.78 Å². The summed E-state index contributed by atoms with van der Waals surface area (Å²) < 4.78 is 7.53. The first-order chi connectivity index (χ1) is 9.22. The van der Waals surface area contributed by atoms with E-state index in [4.69, 9.17) is 9.84 Å². The molecule has 1 saturated heterocycles. The largest absolute Gasteiger partial charge is 0.381 e. The van der Waals surface area contributed by atoms with Gasteiger partial charge in [-0.15, -0.1) is 0 Å². The van der Waals surface area contributed by atoms with Crippen LogP contribution in [0.1, 0.15) is 67.8 Å². The topological polar surface area (TPSA) is 44.1 Å². The van der Waals surface area contributed by atoms with E-state index in [1.165, 1.54) is 0 Å². The average Bonchev–Trinajstić information content (AvgIpc) is 2.85. The lowest BCUT2D eigenvalue weighted by molar-refractivity contribution is 0.0653. The lowest BCUT2D eigenvalue weighted by Gasteiger charge is -2.24. The molecule has 0 bridgehead atoms. The van der Waals surface area contributed by atoms with Crippen molar-refractivity contribution in [2.45, 2.75) is 58.9 Å². The third-order valence-corrected chi connectivity index (χ3v) is 3.89. The van der Waals surface area contributed by atoms with Crippen molar-refractivity contribution in [3.8, 4) is 0 Å². The van der Waals surface area contributed by atoms with E-state index >= 15 is 0 Å². The van der Waals surface area contributed by atoms with Crippen molar-refractivity contribution in [3.05, 3.63) is 17.0 Å². The molecule has 1 aliphatic rings. The molecule has 0 saturated carbocycles. The summed E-state index contributed by atoms with van der Waals surface area (Å²) in [6.45, 7) is 7.70. The number of Topliss-reactive ketones (excluding diaryl/α,β-unsaturated/α-hetero) is 1. The SMILES string of the molecule is CCC(=O)c1c(CC)nn(C2CCOCC2)c1CC. The van der Waals surface area contributed by atoms with Crippen molar-refractivity contribution < 1.29 is 9.53 Å². The van der Waals surface area contributed by atoms with Crippen LogP contribution < -0.4 is 0 Å². The van der Waals surface area contributed by atoms with Crippen LogP contribution in [0.15, 0.2) is 0 Å². The van der Waals surface area contributed by atoms with Crippen LogP contribution in [0.3, 0.4) is 0 Å². The standard InChI is InChI=1S/C15H24N2O2/c1-4-12-15(14(18)6-3)13(5-2)17(16-12)11-7-9-19-10-8-11/h11H,4-10H2,1-3H3. The van der Waals surface area contributed by atoms with Gasteiger partial charge in [-0.25, -0.2) is 0 Å². The van der Waals surface area contributed by atoms with Gasteiger partial charge >= 0.3 is 0 Å². The molecule has 0 aliphatic carbocycles. The van der Waals surface area contributed by atoms with E-state index < -0.39 is 0 Å². The van der Waals surface area contributed by atoms with Gasteiger partial charge in [-0.05, 0) is 25.7 Å². The van der Waals surface area contributed by atoms with Crippen LogP contribution in [0.5, 0.6) is 0 Å². The quantitative estimate of drug-likeness (QED) is 0.768. The zero-order chi connectivity index (χ0) is 13.8. The first kappa shape index (κ1) is 14.3. The van der Waals surface area contributed by atoms with E-state index in [1.807, 2.05) is 6.92 Å². The van der Waals surface area contributed by atoms with Gasteiger partial charge in [0.1, 0.15) is 0 Å². The van der Waals surface area contributed by atoms with Crippen LogP contribution in [0.4, 0.5) is 0 Å². The molecule has 0 amide bonds. The number of nitrogens with zero attached hydrogens (tertiary/aromatic N) is 2. The molecule has 0 aromatic carbocycles. The fourth-order valence-electron chi connectivity index (χ4n) is 2.84. The van der Waals surface area contributed by atoms with Crippen molar-refractivity contribution >= 4 is 5.78 Å². The molecule has 106 valence electrons. The minimum atomic E-state index is 0.229. The Balaban J connectivity index is 2.42. The fourth-order valence-corrected chi connectivity index (χ4v) is 2.84. The van der Waals surface area contributed by atoms with Gasteiger partial charge in [0.2, 0.25) is 0 Å². The zero-order valence-corrected chi connectivity index (χ0v) is 12.2. The second kappa shape index (κ2) is 6.33. The van der Waals surface area contributed by atoms with E-state index in [-0.39, 0.29) is 5.78 Å². The Morgan fingerprint density at radius 2 is 1.95 bits per heavy atom. The Morgan fingerprint density at radius 3 is 2.47 bits per heavy atom. The van der Waals surface area contributed by atoms with Gasteiger partial charge in [-0.1, -0.05) is 20.8 Å². The summed E-state index contributed by atoms with van der Waals surface area (Å²) in [7, 11) is 0. The molecule has 0 radical (unpaired) electrons. The molecule has 4 nitrogen and oxygen atoms in total. The molecular formula is C15H24N2O2. The molecule has 1 aliphatic heterocycles. The van der Waals surface area contributed by atoms with Gasteiger partial charge in [-0.2, -0.15) is 5.10 Å². The van der Waals surface area contributed by atoms with E-state index in [9.17, 15) is 4.79 Å². The Hall–Kier alpha value is -1.16. The van der Waals surface area contributed by atoms with Crippen molar-refractivity contribution in [1.82, 2.24) is 9.78 Å². The molecule has 4 heteroatoms. The molecule has 1 aromatic rings. The smallest absolute Gasteiger partial charge is 0.166 e. The molecule has 2 rings (SSSR count). The number of carbonyl (C=O) groups excluding carboxylic acids is 1. The summed E-state index contributed by atoms with van der Waals surface area (Å²) in [5.74, 6) is 0.229. The van der Waals surface area contributed by atoms with Crippen LogP contribution in [-0.4, -0.2) is 28.8 Å². The predicted octanol–water partition coefficient (Wildman–Crippen LogP) is 2.95. The summed E-state index contributed by atoms with van der Waals surface area (Å²) in [5, 5.41) is 4.73. The highest BCUT2D eigenvalue weighted by Gasteiger charge is 2.25. The van der Waals surface area contributed by atoms with Crippen LogP contribution >= 0.6 is 0 Å². The molecular weight excluding hydrogens is 240 g/mol. The second-order valence-electron chi connectivity index (χ2n) is 5.04. The maximum absolute atomic E-state index is 12.2. The maximum Gasteiger partial charge on any atom is 0.166 e. The molecule has 2 heterocycles. The number of hydrogen-bond acceptors (Lipinski definition) is 3. The fraction of sp³-hybridized carbons (Fsp3) is 0.733. The first-order valence-corrected chi connectivity index (χ1v) is 7.44. The Morgan fingerprint density at radius 1 is 1.26 bits per heavy atom. The molecule has 19 heavy (non-hydrogen) atoms. The van der Waals surface area contributed by atoms with Gasteiger partial charge < -0.3 is 4.74 Å². The molecule has 0 N–H and O–H groups in total. The van der Waals surface area contributed by atoms with Gasteiger partial charge in [0.25, 0.3) is 0 Å². The monoisotopic (exact) mass is 264 g/mol. The van der Waals surface area contributed by atoms with Crippen molar-refractivity contribution in [3.63, 3.8) is 0 Å². The average molecular weight is 264 g/mol. The highest BCUT2D eigenvalue weighted by molar-refractivity contribution is 5.98. The Bertz CT molecular complexity index is 445. The molecule has 1 fully saturated rings. The van der Waals surface area contributed by atoms with E-state index in [2.05, 4.69) is 18.5 Å². The minimum Gasteiger partial charge on any atom is -0.381 e. The summed E-state index contributed by atoms with van der Waals surface area (Å²) >= 11 is 0. The van der Waals surface area contributed by atoms with E-state index in [1.54, 1.807) is 0 Å². The first-order valence-electron chi connectivity index (χ1n) is 7.44. The van der Waals surface area contributed by atoms with Crippen LogP contribution in [0.25, 0.3) is 0 Å². The van der Waals surface area contributed by atoms with Crippen molar-refractivity contribution in [2.75, 3.05) is 13.2 Å². The number of hydrogen-bond donors (Lipinski definition) is 0. The van der Waals surface area contributed by atoms with Crippen molar-refractivity contribution in [1.29, 1.82) is 0 Å². The minimum absolute atomic E-state index is 0.229. The lowest BCUT2D eigenvalue weighted by atomic mass is 10.0. The second-order valence-corrected chi connectivity index (χ2v) is 5.04. The third-order valence-electron chi connectivity index (χ3n) is 3.89. The highest BCUT2D eigenvalue weighted by atomic mass is 16.5. The predicted molar refractivity (Wildman–Crippen MR) is 74.7 cm³/mol. The number of aromatic nitrogens is 2. The zero-order valence-electron chi connectivity index (χ0n) is 12.2. The van der Waals surface area contributed by atoms with Crippen molar-refractivity contribution in [2.24, 2.45) is 0 Å². The van der Waals surface area contributed by atoms with E-state index in [0.29, 0.717) is 12.5 Å². The summed E-state index contributed by atoms with van der Waals surface area (Å²) in [4.78, 5) is 12.2. The van der Waals surface area contributed by atoms with Crippen LogP contribution in [-0.2, 0) is 17.6 Å². The number of carbonyl (C=O) groups is 1. The van der Waals surface area contributed by atoms with Crippen LogP contribution in [0, 0.1) is 0 Å². The molecule has 0 unspecified atom stereocenters. The lowest BCUT2D eigenvalue weighted by Crippen LogP contribution is -2.22. The highest BCUT2D eigenvalue weighted by Crippen LogP contribution is 2.27.